The topological polar surface area (TPSA) is 57.7 Å². The van der Waals surface area contributed by atoms with E-state index < -0.39 is 10.0 Å². The lowest BCUT2D eigenvalue weighted by Crippen LogP contribution is -2.47. The number of carbonyl (C=O) groups is 1. The van der Waals surface area contributed by atoms with Gasteiger partial charge >= 0.3 is 0 Å². The third kappa shape index (κ3) is 5.37. The highest BCUT2D eigenvalue weighted by molar-refractivity contribution is 7.88. The maximum Gasteiger partial charge on any atom is 0.227 e. The minimum atomic E-state index is -3.51. The van der Waals surface area contributed by atoms with Crippen LogP contribution in [-0.4, -0.2) is 49.7 Å². The number of amides is 1. The Bertz CT molecular complexity index is 777. The first kappa shape index (κ1) is 20.9. The largest absolute Gasteiger partial charge is 0.342 e. The van der Waals surface area contributed by atoms with E-state index in [1.54, 1.807) is 18.2 Å². The SMILES string of the molecule is O=C([C@@H]1CCCN(S(=O)(=O)Cc2ccc(Cl)c(Cl)c2)C1)N1CCCCCC1. The molecular formula is C19H26Cl2N2O3S. The third-order valence-corrected chi connectivity index (χ3v) is 7.93. The number of rotatable bonds is 4. The average molecular weight is 433 g/mol. The Balaban J connectivity index is 1.66. The van der Waals surface area contributed by atoms with Crippen molar-refractivity contribution in [2.45, 2.75) is 44.3 Å². The third-order valence-electron chi connectivity index (χ3n) is 5.38. The molecule has 2 heterocycles. The molecule has 0 spiro atoms. The molecule has 1 atom stereocenters. The zero-order valence-electron chi connectivity index (χ0n) is 15.4. The van der Waals surface area contributed by atoms with Crippen LogP contribution < -0.4 is 0 Å². The molecule has 0 unspecified atom stereocenters. The van der Waals surface area contributed by atoms with Crippen LogP contribution in [0.15, 0.2) is 18.2 Å². The summed E-state index contributed by atoms with van der Waals surface area (Å²) in [5.74, 6) is -0.249. The van der Waals surface area contributed by atoms with Crippen LogP contribution in [0.2, 0.25) is 10.0 Å². The number of carbonyl (C=O) groups excluding carboxylic acids is 1. The van der Waals surface area contributed by atoms with E-state index >= 15 is 0 Å². The van der Waals surface area contributed by atoms with Gasteiger partial charge in [-0.15, -0.1) is 0 Å². The van der Waals surface area contributed by atoms with Crippen molar-refractivity contribution in [1.29, 1.82) is 0 Å². The molecule has 150 valence electrons. The fourth-order valence-electron chi connectivity index (χ4n) is 3.88. The Morgan fingerprint density at radius 1 is 1.00 bits per heavy atom. The molecule has 0 aromatic heterocycles. The zero-order chi connectivity index (χ0) is 19.4. The lowest BCUT2D eigenvalue weighted by Gasteiger charge is -2.34. The maximum absolute atomic E-state index is 12.9. The molecule has 1 amide bonds. The molecule has 0 N–H and O–H groups in total. The summed E-state index contributed by atoms with van der Waals surface area (Å²) in [7, 11) is -3.51. The van der Waals surface area contributed by atoms with Gasteiger partial charge in [0.1, 0.15) is 0 Å². The molecule has 0 radical (unpaired) electrons. The Morgan fingerprint density at radius 3 is 2.37 bits per heavy atom. The van der Waals surface area contributed by atoms with Crippen LogP contribution in [0.4, 0.5) is 0 Å². The van der Waals surface area contributed by atoms with Crippen LogP contribution in [0.1, 0.15) is 44.1 Å². The van der Waals surface area contributed by atoms with Crippen molar-refractivity contribution in [2.24, 2.45) is 5.92 Å². The molecule has 3 rings (SSSR count). The summed E-state index contributed by atoms with van der Waals surface area (Å²) >= 11 is 11.9. The fourth-order valence-corrected chi connectivity index (χ4v) is 5.80. The van der Waals surface area contributed by atoms with E-state index in [1.807, 2.05) is 4.90 Å². The van der Waals surface area contributed by atoms with Crippen molar-refractivity contribution in [1.82, 2.24) is 9.21 Å². The molecule has 2 saturated heterocycles. The number of hydrogen-bond acceptors (Lipinski definition) is 3. The van der Waals surface area contributed by atoms with Gasteiger partial charge in [0.15, 0.2) is 0 Å². The van der Waals surface area contributed by atoms with Crippen molar-refractivity contribution < 1.29 is 13.2 Å². The monoisotopic (exact) mass is 432 g/mol. The summed E-state index contributed by atoms with van der Waals surface area (Å²) in [5.41, 5.74) is 0.602. The van der Waals surface area contributed by atoms with Crippen molar-refractivity contribution in [3.63, 3.8) is 0 Å². The van der Waals surface area contributed by atoms with E-state index in [0.29, 0.717) is 28.6 Å². The molecule has 27 heavy (non-hydrogen) atoms. The second kappa shape index (κ2) is 9.12. The lowest BCUT2D eigenvalue weighted by molar-refractivity contribution is -0.136. The quantitative estimate of drug-likeness (QED) is 0.723. The average Bonchev–Trinajstić information content (AvgIpc) is 2.93. The standard InChI is InChI=1S/C19H26Cl2N2O3S/c20-17-8-7-15(12-18(17)21)14-27(25,26)23-11-5-6-16(13-23)19(24)22-9-3-1-2-4-10-22/h7-8,12,16H,1-6,9-11,13-14H2/t16-/m1/s1. The Labute approximate surface area is 171 Å². The summed E-state index contributed by atoms with van der Waals surface area (Å²) in [6, 6.07) is 4.87. The smallest absolute Gasteiger partial charge is 0.227 e. The predicted octanol–water partition coefficient (Wildman–Crippen LogP) is 3.94. The van der Waals surface area contributed by atoms with Crippen LogP contribution in [0.3, 0.4) is 0 Å². The van der Waals surface area contributed by atoms with E-state index in [-0.39, 0.29) is 24.1 Å². The second-order valence-electron chi connectivity index (χ2n) is 7.44. The van der Waals surface area contributed by atoms with Crippen LogP contribution >= 0.6 is 23.2 Å². The normalized spacial score (nSPS) is 22.4. The van der Waals surface area contributed by atoms with Gasteiger partial charge in [0, 0.05) is 26.2 Å². The van der Waals surface area contributed by atoms with E-state index in [2.05, 4.69) is 0 Å². The van der Waals surface area contributed by atoms with Crippen LogP contribution in [0.5, 0.6) is 0 Å². The van der Waals surface area contributed by atoms with Gasteiger partial charge in [-0.1, -0.05) is 42.1 Å². The molecule has 1 aromatic rings. The van der Waals surface area contributed by atoms with Gasteiger partial charge in [-0.25, -0.2) is 12.7 Å². The first-order valence-corrected chi connectivity index (χ1v) is 11.9. The van der Waals surface area contributed by atoms with E-state index in [4.69, 9.17) is 23.2 Å². The molecule has 0 saturated carbocycles. The van der Waals surface area contributed by atoms with E-state index in [0.717, 1.165) is 32.4 Å². The molecule has 2 aliphatic heterocycles. The first-order valence-electron chi connectivity index (χ1n) is 9.57. The van der Waals surface area contributed by atoms with Crippen LogP contribution in [-0.2, 0) is 20.6 Å². The van der Waals surface area contributed by atoms with Crippen molar-refractivity contribution in [3.05, 3.63) is 33.8 Å². The number of sulfonamides is 1. The Hall–Kier alpha value is -0.820. The molecule has 1 aromatic carbocycles. The molecule has 2 fully saturated rings. The van der Waals surface area contributed by atoms with Gasteiger partial charge in [0.25, 0.3) is 0 Å². The fraction of sp³-hybridized carbons (Fsp3) is 0.632. The van der Waals surface area contributed by atoms with E-state index in [9.17, 15) is 13.2 Å². The highest BCUT2D eigenvalue weighted by Crippen LogP contribution is 2.27. The molecule has 0 aliphatic carbocycles. The van der Waals surface area contributed by atoms with Gasteiger partial charge < -0.3 is 4.90 Å². The van der Waals surface area contributed by atoms with E-state index in [1.165, 1.54) is 17.1 Å². The highest BCUT2D eigenvalue weighted by Gasteiger charge is 2.34. The van der Waals surface area contributed by atoms with Crippen molar-refractivity contribution in [2.75, 3.05) is 26.2 Å². The maximum atomic E-state index is 12.9. The van der Waals surface area contributed by atoms with Gasteiger partial charge in [-0.05, 0) is 43.4 Å². The summed E-state index contributed by atoms with van der Waals surface area (Å²) in [6.45, 7) is 2.34. The summed E-state index contributed by atoms with van der Waals surface area (Å²) in [5, 5.41) is 0.746. The summed E-state index contributed by atoms with van der Waals surface area (Å²) in [6.07, 6.45) is 5.88. The summed E-state index contributed by atoms with van der Waals surface area (Å²) < 4.78 is 27.2. The van der Waals surface area contributed by atoms with Gasteiger partial charge in [-0.2, -0.15) is 0 Å². The molecule has 2 aliphatic rings. The molecule has 5 nitrogen and oxygen atoms in total. The number of hydrogen-bond donors (Lipinski definition) is 0. The van der Waals surface area contributed by atoms with Crippen LogP contribution in [0, 0.1) is 5.92 Å². The molecular weight excluding hydrogens is 407 g/mol. The number of halogens is 2. The number of benzene rings is 1. The van der Waals surface area contributed by atoms with Gasteiger partial charge in [0.05, 0.1) is 21.7 Å². The lowest BCUT2D eigenvalue weighted by atomic mass is 9.98. The Morgan fingerprint density at radius 2 is 1.70 bits per heavy atom. The van der Waals surface area contributed by atoms with Crippen molar-refractivity contribution >= 4 is 39.1 Å². The number of piperidine rings is 1. The predicted molar refractivity (Wildman–Crippen MR) is 108 cm³/mol. The number of likely N-dealkylation sites (tertiary alicyclic amines) is 1. The first-order chi connectivity index (χ1) is 12.9. The van der Waals surface area contributed by atoms with Crippen molar-refractivity contribution in [3.8, 4) is 0 Å². The van der Waals surface area contributed by atoms with Gasteiger partial charge in [0.2, 0.25) is 15.9 Å². The van der Waals surface area contributed by atoms with Gasteiger partial charge in [-0.3, -0.25) is 4.79 Å². The minimum absolute atomic E-state index is 0.117. The second-order valence-corrected chi connectivity index (χ2v) is 10.2. The summed E-state index contributed by atoms with van der Waals surface area (Å²) in [4.78, 5) is 14.8. The Kier molecular flexibility index (Phi) is 7.06. The molecule has 0 bridgehead atoms. The minimum Gasteiger partial charge on any atom is -0.342 e. The number of nitrogens with zero attached hydrogens (tertiary/aromatic N) is 2. The highest BCUT2D eigenvalue weighted by atomic mass is 35.5. The van der Waals surface area contributed by atoms with Crippen LogP contribution in [0.25, 0.3) is 0 Å². The zero-order valence-corrected chi connectivity index (χ0v) is 17.7. The molecule has 8 heteroatoms.